The van der Waals surface area contributed by atoms with E-state index < -0.39 is 25.4 Å². The van der Waals surface area contributed by atoms with Crippen LogP contribution in [0.1, 0.15) is 30.1 Å². The normalized spacial score (nSPS) is 15.2. The van der Waals surface area contributed by atoms with Gasteiger partial charge in [-0.15, -0.1) is 0 Å². The molecule has 112 valence electrons. The van der Waals surface area contributed by atoms with Gasteiger partial charge in [-0.1, -0.05) is 0 Å². The number of hydrazine groups is 1. The molecule has 1 saturated carbocycles. The summed E-state index contributed by atoms with van der Waals surface area (Å²) >= 11 is 0. The fraction of sp³-hybridized carbons (Fsp3) is 0.667. The van der Waals surface area contributed by atoms with Crippen molar-refractivity contribution in [3.63, 3.8) is 0 Å². The van der Waals surface area contributed by atoms with Gasteiger partial charge in [0.1, 0.15) is 23.0 Å². The van der Waals surface area contributed by atoms with Crippen molar-refractivity contribution in [2.45, 2.75) is 31.2 Å². The lowest BCUT2D eigenvalue weighted by Crippen LogP contribution is -2.49. The van der Waals surface area contributed by atoms with Crippen LogP contribution >= 0.6 is 0 Å². The molecular formula is C12H21N5O3. The van der Waals surface area contributed by atoms with Gasteiger partial charge >= 0.3 is 0 Å². The molecule has 0 aromatic carbocycles. The Hall–Kier alpha value is -1.48. The SMILES string of the molecule is Cc1c(NN)nc(C2CC2)nc1NC(CO)(CO)CO. The summed E-state index contributed by atoms with van der Waals surface area (Å²) in [5, 5.41) is 31.1. The quantitative estimate of drug-likeness (QED) is 0.279. The molecule has 0 amide bonds. The highest BCUT2D eigenvalue weighted by atomic mass is 16.3. The Kier molecular flexibility index (Phi) is 4.39. The number of anilines is 2. The number of hydrogen-bond donors (Lipinski definition) is 6. The topological polar surface area (TPSA) is 137 Å². The summed E-state index contributed by atoms with van der Waals surface area (Å²) in [4.78, 5) is 8.77. The zero-order chi connectivity index (χ0) is 14.8. The Bertz CT molecular complexity index is 466. The Morgan fingerprint density at radius 1 is 1.15 bits per heavy atom. The van der Waals surface area contributed by atoms with Crippen LogP contribution < -0.4 is 16.6 Å². The van der Waals surface area contributed by atoms with Crippen molar-refractivity contribution in [2.24, 2.45) is 5.84 Å². The second-order valence-electron chi connectivity index (χ2n) is 5.20. The summed E-state index contributed by atoms with van der Waals surface area (Å²) in [6.07, 6.45) is 2.08. The van der Waals surface area contributed by atoms with Crippen molar-refractivity contribution in [1.82, 2.24) is 9.97 Å². The number of aliphatic hydroxyl groups excluding tert-OH is 3. The van der Waals surface area contributed by atoms with Gasteiger partial charge in [0.05, 0.1) is 19.8 Å². The van der Waals surface area contributed by atoms with Gasteiger partial charge in [0, 0.05) is 11.5 Å². The molecule has 1 aliphatic carbocycles. The maximum absolute atomic E-state index is 9.38. The van der Waals surface area contributed by atoms with Crippen LogP contribution in [0, 0.1) is 6.92 Å². The van der Waals surface area contributed by atoms with E-state index in [2.05, 4.69) is 20.7 Å². The minimum absolute atomic E-state index is 0.329. The molecule has 1 aliphatic rings. The fourth-order valence-electron chi connectivity index (χ4n) is 1.84. The maximum Gasteiger partial charge on any atom is 0.148 e. The van der Waals surface area contributed by atoms with Crippen molar-refractivity contribution in [2.75, 3.05) is 30.6 Å². The summed E-state index contributed by atoms with van der Waals surface area (Å²) in [5.74, 6) is 7.40. The average Bonchev–Trinajstić information content (AvgIpc) is 3.31. The molecule has 0 unspecified atom stereocenters. The van der Waals surface area contributed by atoms with E-state index in [1.807, 2.05) is 0 Å². The molecule has 2 rings (SSSR count). The van der Waals surface area contributed by atoms with Crippen LogP contribution in [-0.2, 0) is 0 Å². The fourth-order valence-corrected chi connectivity index (χ4v) is 1.84. The van der Waals surface area contributed by atoms with Gasteiger partial charge in [-0.2, -0.15) is 0 Å². The molecule has 0 saturated heterocycles. The molecular weight excluding hydrogens is 262 g/mol. The molecule has 8 nitrogen and oxygen atoms in total. The molecule has 7 N–H and O–H groups in total. The number of nitrogen functional groups attached to an aromatic ring is 1. The minimum Gasteiger partial charge on any atom is -0.394 e. The molecule has 0 atom stereocenters. The number of nitrogens with two attached hydrogens (primary N) is 1. The number of rotatable bonds is 7. The summed E-state index contributed by atoms with van der Waals surface area (Å²) in [6, 6.07) is 0. The summed E-state index contributed by atoms with van der Waals surface area (Å²) in [6.45, 7) is 0.500. The highest BCUT2D eigenvalue weighted by molar-refractivity contribution is 5.58. The minimum atomic E-state index is -1.23. The first-order valence-electron chi connectivity index (χ1n) is 6.55. The Labute approximate surface area is 117 Å². The van der Waals surface area contributed by atoms with Gasteiger partial charge in [-0.05, 0) is 19.8 Å². The summed E-state index contributed by atoms with van der Waals surface area (Å²) in [5.41, 5.74) is 1.95. The lowest BCUT2D eigenvalue weighted by molar-refractivity contribution is 0.0830. The van der Waals surface area contributed by atoms with Gasteiger partial charge in [-0.25, -0.2) is 15.8 Å². The van der Waals surface area contributed by atoms with E-state index in [9.17, 15) is 15.3 Å². The van der Waals surface area contributed by atoms with E-state index in [0.717, 1.165) is 12.8 Å². The Morgan fingerprint density at radius 2 is 1.70 bits per heavy atom. The first-order valence-corrected chi connectivity index (χ1v) is 6.55. The van der Waals surface area contributed by atoms with Crippen LogP contribution in [-0.4, -0.2) is 50.6 Å². The van der Waals surface area contributed by atoms with E-state index in [1.165, 1.54) is 0 Å². The molecule has 1 aromatic heterocycles. The predicted octanol–water partition coefficient (Wildman–Crippen LogP) is -0.924. The summed E-state index contributed by atoms with van der Waals surface area (Å²) < 4.78 is 0. The van der Waals surface area contributed by atoms with E-state index in [-0.39, 0.29) is 0 Å². The maximum atomic E-state index is 9.38. The van der Waals surface area contributed by atoms with E-state index >= 15 is 0 Å². The van der Waals surface area contributed by atoms with Crippen molar-refractivity contribution in [1.29, 1.82) is 0 Å². The smallest absolute Gasteiger partial charge is 0.148 e. The standard InChI is InChI=1S/C12H21N5O3/c1-7-9(16-12(4-18,5-19)6-20)14-11(8-2-3-8)15-10(7)17-13/h8,18-20H,2-6,13H2,1H3,(H2,14,15,16,17). The number of hydrogen-bond acceptors (Lipinski definition) is 8. The van der Waals surface area contributed by atoms with Gasteiger partial charge in [0.25, 0.3) is 0 Å². The lowest BCUT2D eigenvalue weighted by Gasteiger charge is -2.30. The zero-order valence-electron chi connectivity index (χ0n) is 11.4. The molecule has 1 aromatic rings. The van der Waals surface area contributed by atoms with Crippen molar-refractivity contribution >= 4 is 11.6 Å². The second kappa shape index (κ2) is 5.88. The summed E-state index contributed by atoms with van der Waals surface area (Å²) in [7, 11) is 0. The first-order chi connectivity index (χ1) is 9.59. The van der Waals surface area contributed by atoms with E-state index in [1.54, 1.807) is 6.92 Å². The molecule has 1 heterocycles. The van der Waals surface area contributed by atoms with Crippen LogP contribution in [0.15, 0.2) is 0 Å². The van der Waals surface area contributed by atoms with Crippen molar-refractivity contribution in [3.8, 4) is 0 Å². The Morgan fingerprint density at radius 3 is 2.15 bits per heavy atom. The van der Waals surface area contributed by atoms with Crippen LogP contribution in [0.2, 0.25) is 0 Å². The first kappa shape index (κ1) is 14.9. The monoisotopic (exact) mass is 283 g/mol. The van der Waals surface area contributed by atoms with Crippen molar-refractivity contribution < 1.29 is 15.3 Å². The molecule has 0 bridgehead atoms. The Balaban J connectivity index is 2.36. The highest BCUT2D eigenvalue weighted by Crippen LogP contribution is 2.39. The molecule has 8 heteroatoms. The molecule has 20 heavy (non-hydrogen) atoms. The van der Waals surface area contributed by atoms with Gasteiger partial charge in [0.2, 0.25) is 0 Å². The number of aliphatic hydroxyl groups is 3. The number of aromatic nitrogens is 2. The van der Waals surface area contributed by atoms with E-state index in [0.29, 0.717) is 28.9 Å². The van der Waals surface area contributed by atoms with Gasteiger partial charge in [-0.3, -0.25) is 0 Å². The van der Waals surface area contributed by atoms with Crippen LogP contribution in [0.5, 0.6) is 0 Å². The van der Waals surface area contributed by atoms with Crippen LogP contribution in [0.4, 0.5) is 11.6 Å². The molecule has 0 spiro atoms. The van der Waals surface area contributed by atoms with Crippen LogP contribution in [0.25, 0.3) is 0 Å². The van der Waals surface area contributed by atoms with Crippen molar-refractivity contribution in [3.05, 3.63) is 11.4 Å². The van der Waals surface area contributed by atoms with Gasteiger partial charge in [0.15, 0.2) is 0 Å². The molecule has 0 radical (unpaired) electrons. The third kappa shape index (κ3) is 2.83. The molecule has 1 fully saturated rings. The average molecular weight is 283 g/mol. The second-order valence-corrected chi connectivity index (χ2v) is 5.20. The van der Waals surface area contributed by atoms with Gasteiger partial charge < -0.3 is 26.1 Å². The lowest BCUT2D eigenvalue weighted by atomic mass is 10.0. The van der Waals surface area contributed by atoms with Crippen LogP contribution in [0.3, 0.4) is 0 Å². The largest absolute Gasteiger partial charge is 0.394 e. The number of nitrogens with one attached hydrogen (secondary N) is 2. The predicted molar refractivity (Wildman–Crippen MR) is 74.2 cm³/mol. The van der Waals surface area contributed by atoms with E-state index in [4.69, 9.17) is 5.84 Å². The number of nitrogens with zero attached hydrogens (tertiary/aromatic N) is 2. The zero-order valence-corrected chi connectivity index (χ0v) is 11.4. The highest BCUT2D eigenvalue weighted by Gasteiger charge is 2.32. The third-order valence-electron chi connectivity index (χ3n) is 3.53. The molecule has 0 aliphatic heterocycles. The third-order valence-corrected chi connectivity index (χ3v) is 3.53.